The van der Waals surface area contributed by atoms with E-state index in [-0.39, 0.29) is 0 Å². The Morgan fingerprint density at radius 1 is 1.36 bits per heavy atom. The van der Waals surface area contributed by atoms with E-state index in [1.807, 2.05) is 7.05 Å². The molecule has 3 atom stereocenters. The lowest BCUT2D eigenvalue weighted by Crippen LogP contribution is -2.45. The fourth-order valence-electron chi connectivity index (χ4n) is 2.70. The summed E-state index contributed by atoms with van der Waals surface area (Å²) in [6.07, 6.45) is 3.63. The lowest BCUT2D eigenvalue weighted by molar-refractivity contribution is -0.0417. The smallest absolute Gasteiger partial charge is 0.0707 e. The van der Waals surface area contributed by atoms with Crippen LogP contribution < -0.4 is 5.32 Å². The Kier molecular flexibility index (Phi) is 3.42. The van der Waals surface area contributed by atoms with Gasteiger partial charge in [0.1, 0.15) is 0 Å². The summed E-state index contributed by atoms with van der Waals surface area (Å²) >= 11 is 0. The Morgan fingerprint density at radius 3 is 2.57 bits per heavy atom. The minimum absolute atomic E-state index is 0.538. The van der Waals surface area contributed by atoms with Crippen LogP contribution in [0.1, 0.15) is 19.8 Å². The molecule has 3 heteroatoms. The molecular formula is C11H22N2O. The molecule has 2 aliphatic rings. The van der Waals surface area contributed by atoms with Gasteiger partial charge in [0.15, 0.2) is 0 Å². The zero-order valence-corrected chi connectivity index (χ0v) is 9.33. The summed E-state index contributed by atoms with van der Waals surface area (Å²) in [5.74, 6) is 0.748. The van der Waals surface area contributed by atoms with E-state index < -0.39 is 0 Å². The van der Waals surface area contributed by atoms with Crippen LogP contribution in [0.4, 0.5) is 0 Å². The van der Waals surface area contributed by atoms with Crippen molar-refractivity contribution in [2.45, 2.75) is 32.0 Å². The van der Waals surface area contributed by atoms with E-state index in [1.54, 1.807) is 0 Å². The monoisotopic (exact) mass is 198 g/mol. The highest BCUT2D eigenvalue weighted by atomic mass is 16.5. The van der Waals surface area contributed by atoms with Crippen molar-refractivity contribution in [2.75, 3.05) is 33.2 Å². The van der Waals surface area contributed by atoms with Crippen LogP contribution in [-0.4, -0.2) is 50.3 Å². The molecule has 0 aromatic carbocycles. The SMILES string of the molecule is CNCC(C)CN1CC2CCC(C1)O2. The van der Waals surface area contributed by atoms with Crippen molar-refractivity contribution in [1.82, 2.24) is 10.2 Å². The van der Waals surface area contributed by atoms with Crippen LogP contribution in [0.15, 0.2) is 0 Å². The van der Waals surface area contributed by atoms with Crippen LogP contribution in [0.3, 0.4) is 0 Å². The van der Waals surface area contributed by atoms with Crippen molar-refractivity contribution in [3.05, 3.63) is 0 Å². The van der Waals surface area contributed by atoms with E-state index in [1.165, 1.54) is 19.4 Å². The van der Waals surface area contributed by atoms with Gasteiger partial charge in [-0.05, 0) is 32.4 Å². The molecular weight excluding hydrogens is 176 g/mol. The molecule has 2 heterocycles. The topological polar surface area (TPSA) is 24.5 Å². The van der Waals surface area contributed by atoms with Crippen LogP contribution in [0.25, 0.3) is 0 Å². The first-order valence-electron chi connectivity index (χ1n) is 5.80. The van der Waals surface area contributed by atoms with Gasteiger partial charge in [0.2, 0.25) is 0 Å². The molecule has 0 radical (unpaired) electrons. The maximum absolute atomic E-state index is 5.81. The lowest BCUT2D eigenvalue weighted by Gasteiger charge is -2.33. The first-order chi connectivity index (χ1) is 6.78. The molecule has 3 nitrogen and oxygen atoms in total. The molecule has 0 aromatic heterocycles. The summed E-state index contributed by atoms with van der Waals surface area (Å²) in [5.41, 5.74) is 0. The van der Waals surface area contributed by atoms with E-state index in [4.69, 9.17) is 4.74 Å². The first-order valence-corrected chi connectivity index (χ1v) is 5.80. The average Bonchev–Trinajstić information content (AvgIpc) is 2.46. The average molecular weight is 198 g/mol. The normalized spacial score (nSPS) is 34.7. The Bertz CT molecular complexity index is 174. The Balaban J connectivity index is 1.76. The summed E-state index contributed by atoms with van der Waals surface area (Å²) in [6.45, 7) is 6.97. The van der Waals surface area contributed by atoms with Crippen LogP contribution >= 0.6 is 0 Å². The van der Waals surface area contributed by atoms with Crippen LogP contribution in [0.5, 0.6) is 0 Å². The zero-order chi connectivity index (χ0) is 9.97. The summed E-state index contributed by atoms with van der Waals surface area (Å²) in [4.78, 5) is 2.58. The van der Waals surface area contributed by atoms with Crippen LogP contribution in [-0.2, 0) is 4.74 Å². The van der Waals surface area contributed by atoms with Crippen molar-refractivity contribution >= 4 is 0 Å². The second-order valence-corrected chi connectivity index (χ2v) is 4.84. The molecule has 3 unspecified atom stereocenters. The molecule has 2 fully saturated rings. The van der Waals surface area contributed by atoms with Gasteiger partial charge in [-0.1, -0.05) is 6.92 Å². The lowest BCUT2D eigenvalue weighted by atomic mass is 10.1. The van der Waals surface area contributed by atoms with E-state index in [0.29, 0.717) is 12.2 Å². The molecule has 2 saturated heterocycles. The molecule has 1 N–H and O–H groups in total. The van der Waals surface area contributed by atoms with Crippen molar-refractivity contribution in [3.8, 4) is 0 Å². The molecule has 0 amide bonds. The first kappa shape index (κ1) is 10.4. The third kappa shape index (κ3) is 2.47. The number of likely N-dealkylation sites (tertiary alicyclic amines) is 1. The Morgan fingerprint density at radius 2 is 2.00 bits per heavy atom. The number of hydrogen-bond donors (Lipinski definition) is 1. The minimum atomic E-state index is 0.538. The molecule has 0 spiro atoms. The highest BCUT2D eigenvalue weighted by Gasteiger charge is 2.33. The fraction of sp³-hybridized carbons (Fsp3) is 1.00. The maximum atomic E-state index is 5.81. The largest absolute Gasteiger partial charge is 0.372 e. The van der Waals surface area contributed by atoms with E-state index in [9.17, 15) is 0 Å². The standard InChI is InChI=1S/C11H22N2O/c1-9(5-12-2)6-13-7-10-3-4-11(8-13)14-10/h9-12H,3-8H2,1-2H3. The minimum Gasteiger partial charge on any atom is -0.372 e. The summed E-state index contributed by atoms with van der Waals surface area (Å²) in [6, 6.07) is 0. The number of morpholine rings is 1. The van der Waals surface area contributed by atoms with Gasteiger partial charge in [-0.15, -0.1) is 0 Å². The Labute approximate surface area is 86.8 Å². The number of nitrogens with one attached hydrogen (secondary N) is 1. The highest BCUT2D eigenvalue weighted by Crippen LogP contribution is 2.26. The fourth-order valence-corrected chi connectivity index (χ4v) is 2.70. The van der Waals surface area contributed by atoms with Crippen molar-refractivity contribution < 1.29 is 4.74 Å². The maximum Gasteiger partial charge on any atom is 0.0707 e. The van der Waals surface area contributed by atoms with Crippen molar-refractivity contribution in [2.24, 2.45) is 5.92 Å². The van der Waals surface area contributed by atoms with E-state index in [2.05, 4.69) is 17.1 Å². The van der Waals surface area contributed by atoms with Crippen LogP contribution in [0.2, 0.25) is 0 Å². The predicted octanol–water partition coefficient (Wildman–Crippen LogP) is 0.705. The molecule has 0 saturated carbocycles. The highest BCUT2D eigenvalue weighted by molar-refractivity contribution is 4.85. The summed E-state index contributed by atoms with van der Waals surface area (Å²) < 4.78 is 5.81. The van der Waals surface area contributed by atoms with Gasteiger partial charge < -0.3 is 10.1 Å². The van der Waals surface area contributed by atoms with Crippen molar-refractivity contribution in [1.29, 1.82) is 0 Å². The predicted molar refractivity (Wildman–Crippen MR) is 57.4 cm³/mol. The molecule has 2 rings (SSSR count). The molecule has 2 bridgehead atoms. The van der Waals surface area contributed by atoms with Gasteiger partial charge >= 0.3 is 0 Å². The second-order valence-electron chi connectivity index (χ2n) is 4.84. The van der Waals surface area contributed by atoms with Gasteiger partial charge in [-0.3, -0.25) is 4.90 Å². The zero-order valence-electron chi connectivity index (χ0n) is 9.33. The van der Waals surface area contributed by atoms with Crippen molar-refractivity contribution in [3.63, 3.8) is 0 Å². The van der Waals surface area contributed by atoms with Gasteiger partial charge in [0, 0.05) is 19.6 Å². The van der Waals surface area contributed by atoms with Crippen LogP contribution in [0, 0.1) is 5.92 Å². The van der Waals surface area contributed by atoms with Gasteiger partial charge in [-0.2, -0.15) is 0 Å². The number of hydrogen-bond acceptors (Lipinski definition) is 3. The summed E-state index contributed by atoms with van der Waals surface area (Å²) in [7, 11) is 2.03. The third-order valence-corrected chi connectivity index (χ3v) is 3.24. The van der Waals surface area contributed by atoms with Gasteiger partial charge in [0.25, 0.3) is 0 Å². The molecule has 14 heavy (non-hydrogen) atoms. The molecule has 82 valence electrons. The Hall–Kier alpha value is -0.120. The molecule has 0 aromatic rings. The second kappa shape index (κ2) is 4.60. The van der Waals surface area contributed by atoms with E-state index in [0.717, 1.165) is 25.6 Å². The number of ether oxygens (including phenoxy) is 1. The molecule has 2 aliphatic heterocycles. The molecule has 0 aliphatic carbocycles. The third-order valence-electron chi connectivity index (χ3n) is 3.24. The number of rotatable bonds is 4. The quantitative estimate of drug-likeness (QED) is 0.720. The summed E-state index contributed by atoms with van der Waals surface area (Å²) in [5, 5.41) is 3.24. The van der Waals surface area contributed by atoms with Gasteiger partial charge in [0.05, 0.1) is 12.2 Å². The van der Waals surface area contributed by atoms with Gasteiger partial charge in [-0.25, -0.2) is 0 Å². The van der Waals surface area contributed by atoms with E-state index >= 15 is 0 Å². The number of fused-ring (bicyclic) bond motifs is 2. The number of nitrogens with zero attached hydrogens (tertiary/aromatic N) is 1.